The summed E-state index contributed by atoms with van der Waals surface area (Å²) in [5, 5.41) is 6.91. The van der Waals surface area contributed by atoms with E-state index in [1.807, 2.05) is 0 Å². The number of rotatable bonds is 6. The third kappa shape index (κ3) is 14.4. The second-order valence-corrected chi connectivity index (χ2v) is 18.6. The predicted molar refractivity (Wildman–Crippen MR) is 224 cm³/mol. The normalized spacial score (nSPS) is 10.8. The Labute approximate surface area is 359 Å². The number of halogens is 8. The molecule has 0 saturated heterocycles. The van der Waals surface area contributed by atoms with Crippen LogP contribution in [-0.4, -0.2) is 18.5 Å². The van der Waals surface area contributed by atoms with E-state index in [0.717, 1.165) is 0 Å². The van der Waals surface area contributed by atoms with Crippen LogP contribution >= 0.6 is 39.0 Å². The van der Waals surface area contributed by atoms with Gasteiger partial charge in [0.05, 0.1) is 21.7 Å². The Hall–Kier alpha value is -3.87. The van der Waals surface area contributed by atoms with Crippen molar-refractivity contribution in [3.05, 3.63) is 216 Å². The van der Waals surface area contributed by atoms with Crippen LogP contribution in [0.15, 0.2) is 182 Å². The van der Waals surface area contributed by atoms with E-state index in [2.05, 4.69) is 182 Å². The zero-order chi connectivity index (χ0) is 41.4. The first kappa shape index (κ1) is 48.5. The van der Waals surface area contributed by atoms with Crippen LogP contribution in [0.2, 0.25) is 10.0 Å². The van der Waals surface area contributed by atoms with E-state index >= 15 is 0 Å². The van der Waals surface area contributed by atoms with Gasteiger partial charge in [-0.25, -0.2) is 21.6 Å². The molecule has 0 aliphatic rings. The van der Waals surface area contributed by atoms with Gasteiger partial charge in [-0.15, -0.1) is 6.07 Å². The van der Waals surface area contributed by atoms with E-state index in [4.69, 9.17) is 36.2 Å². The molecule has 3 nitrogen and oxygen atoms in total. The zero-order valence-electron chi connectivity index (χ0n) is 29.8. The van der Waals surface area contributed by atoms with Crippen molar-refractivity contribution in [3.63, 3.8) is 0 Å². The molecule has 0 unspecified atom stereocenters. The molecule has 0 saturated carbocycles. The maximum absolute atomic E-state index is 12.5. The number of hydrogen-bond donors (Lipinski definition) is 0. The van der Waals surface area contributed by atoms with Gasteiger partial charge >= 0.3 is 25.9 Å². The fraction of sp³-hybridized carbons (Fsp3) is 0.0233. The summed E-state index contributed by atoms with van der Waals surface area (Å²) < 4.78 is 96.0. The molecule has 7 aromatic carbocycles. The summed E-state index contributed by atoms with van der Waals surface area (Å²) in [5.41, 5.74) is -5.65. The minimum Gasteiger partial charge on any atom is -0.741 e. The Morgan fingerprint density at radius 2 is 0.621 bits per heavy atom. The molecule has 0 aromatic heterocycles. The van der Waals surface area contributed by atoms with Crippen molar-refractivity contribution in [1.29, 1.82) is 0 Å². The molecule has 0 heterocycles. The van der Waals surface area contributed by atoms with Crippen LogP contribution in [0.5, 0.6) is 0 Å². The maximum atomic E-state index is 12.5. The third-order valence-corrected chi connectivity index (χ3v) is 14.3. The van der Waals surface area contributed by atoms with Crippen LogP contribution in [0.25, 0.3) is 0 Å². The molecule has 0 atom stereocenters. The van der Waals surface area contributed by atoms with Crippen molar-refractivity contribution in [2.24, 2.45) is 0 Å². The van der Waals surface area contributed by atoms with Gasteiger partial charge in [0.25, 0.3) is 0 Å². The molecule has 0 aliphatic carbocycles. The van der Waals surface area contributed by atoms with Gasteiger partial charge in [0.2, 0.25) is 0 Å². The molecule has 7 rings (SSSR count). The smallest absolute Gasteiger partial charge is 0.741 e. The first-order valence-corrected chi connectivity index (χ1v) is 21.8. The topological polar surface area (TPSA) is 57.2 Å². The molecule has 0 amide bonds. The average molecular weight is 982 g/mol. The first-order chi connectivity index (χ1) is 27.2. The summed E-state index contributed by atoms with van der Waals surface area (Å²) in [6.07, 6.45) is 0. The van der Waals surface area contributed by atoms with Crippen LogP contribution in [0.1, 0.15) is 0 Å². The molecule has 0 aliphatic heterocycles. The number of alkyl halides is 3. The van der Waals surface area contributed by atoms with Crippen molar-refractivity contribution in [2.45, 2.75) is 5.51 Å². The fourth-order valence-corrected chi connectivity index (χ4v) is 10.6. The van der Waals surface area contributed by atoms with E-state index in [9.17, 15) is 26.3 Å². The van der Waals surface area contributed by atoms with Crippen molar-refractivity contribution in [1.82, 2.24) is 0 Å². The summed E-state index contributed by atoms with van der Waals surface area (Å²) in [6, 6.07) is 66.5. The fourth-order valence-electron chi connectivity index (χ4n) is 5.12. The second kappa shape index (κ2) is 23.7. The Bertz CT molecular complexity index is 2040. The molecule has 0 fully saturated rings. The van der Waals surface area contributed by atoms with Gasteiger partial charge in [0.1, 0.15) is 31.8 Å². The van der Waals surface area contributed by atoms with Crippen LogP contribution < -0.4 is 31.8 Å². The molecule has 0 spiro atoms. The van der Waals surface area contributed by atoms with E-state index in [-0.39, 0.29) is 20.4 Å². The Morgan fingerprint density at radius 3 is 0.776 bits per heavy atom. The van der Waals surface area contributed by atoms with Gasteiger partial charge in [-0.1, -0.05) is 109 Å². The number of hydrogen-bond acceptors (Lipinski definition) is 3. The van der Waals surface area contributed by atoms with E-state index in [1.165, 1.54) is 37.9 Å². The largest absolute Gasteiger partial charge is 2.00 e. The maximum Gasteiger partial charge on any atom is 2.00 e. The van der Waals surface area contributed by atoms with Crippen LogP contribution in [-0.2, 0) is 30.5 Å². The van der Waals surface area contributed by atoms with Crippen molar-refractivity contribution >= 4 is 81.0 Å². The minimum absolute atomic E-state index is 0. The Morgan fingerprint density at radius 1 is 0.448 bits per heavy atom. The first-order valence-electron chi connectivity index (χ1n) is 16.7. The van der Waals surface area contributed by atoms with Crippen LogP contribution in [0.3, 0.4) is 0 Å². The Balaban J connectivity index is 0.000000218. The molecule has 0 N–H and O–H groups in total. The van der Waals surface area contributed by atoms with Crippen LogP contribution in [0, 0.1) is 23.5 Å². The van der Waals surface area contributed by atoms with Crippen molar-refractivity contribution < 1.29 is 59.7 Å². The number of benzene rings is 7. The van der Waals surface area contributed by atoms with Crippen molar-refractivity contribution in [3.8, 4) is 0 Å². The molecule has 0 radical (unpaired) electrons. The van der Waals surface area contributed by atoms with Gasteiger partial charge in [-0.2, -0.15) is 36.4 Å². The molecule has 302 valence electrons. The van der Waals surface area contributed by atoms with E-state index in [0.29, 0.717) is 0 Å². The van der Waals surface area contributed by atoms with Gasteiger partial charge < -0.3 is 4.55 Å². The van der Waals surface area contributed by atoms with Crippen LogP contribution in [0.4, 0.5) is 26.3 Å². The van der Waals surface area contributed by atoms with Gasteiger partial charge in [-0.05, 0) is 72.8 Å². The monoisotopic (exact) mass is 980 g/mol. The molecule has 15 heteroatoms. The third-order valence-electron chi connectivity index (χ3n) is 7.65. The second-order valence-electron chi connectivity index (χ2n) is 11.5. The van der Waals surface area contributed by atoms with E-state index < -0.39 is 59.0 Å². The quantitative estimate of drug-likeness (QED) is 0.0244. The summed E-state index contributed by atoms with van der Waals surface area (Å²) in [7, 11) is -7.84. The standard InChI is InChI=1S/2C18H15P.C6Cl2F3.CHF3O3S.Pd/c2*1-4-10-16(11-5-1)19(17-12-6-2-7-13-17)18-14-8-3-9-15-18;7-4-2(9)1-3(10)5(8)6(4)11;2-1(3,4)8(5,6)7;/h2*1-15H;;(H,5,6,7);/q;;-1;;+2/p+1. The molecular weight excluding hydrogens is 950 g/mol. The average Bonchev–Trinajstić information content (AvgIpc) is 3.22. The SMILES string of the molecule is Fc1[c-]c(F)c(Cl)c(F)c1Cl.O=S(=O)([O-])C(F)(F)F.[Pd+2].c1ccc([PH+](c2ccccc2)c2ccccc2)cc1.c1ccc([PH+](c2ccccc2)c2ccccc2)cc1. The van der Waals surface area contributed by atoms with E-state index in [1.54, 1.807) is 0 Å². The predicted octanol–water partition coefficient (Wildman–Crippen LogP) is 9.61. The summed E-state index contributed by atoms with van der Waals surface area (Å²) in [5.74, 6) is -3.88. The van der Waals surface area contributed by atoms with Gasteiger partial charge in [-0.3, -0.25) is 0 Å². The van der Waals surface area contributed by atoms with Gasteiger partial charge in [0, 0.05) is 21.7 Å². The molecule has 0 bridgehead atoms. The van der Waals surface area contributed by atoms with Gasteiger partial charge in [0.15, 0.2) is 10.1 Å². The minimum atomic E-state index is -6.09. The Kier molecular flexibility index (Phi) is 19.8. The molecular formula is C43H32Cl2F6O3P2PdS+2. The van der Waals surface area contributed by atoms with Crippen molar-refractivity contribution in [2.75, 3.05) is 0 Å². The molecule has 58 heavy (non-hydrogen) atoms. The summed E-state index contributed by atoms with van der Waals surface area (Å²) >= 11 is 10.0. The molecule has 7 aromatic rings. The summed E-state index contributed by atoms with van der Waals surface area (Å²) in [4.78, 5) is 0. The summed E-state index contributed by atoms with van der Waals surface area (Å²) in [6.45, 7) is 0. The zero-order valence-corrected chi connectivity index (χ0v) is 35.7.